The quantitative estimate of drug-likeness (QED) is 0.909. The summed E-state index contributed by atoms with van der Waals surface area (Å²) in [5.74, 6) is 2.22. The Morgan fingerprint density at radius 2 is 1.50 bits per heavy atom. The van der Waals surface area contributed by atoms with Crippen molar-refractivity contribution in [3.63, 3.8) is 0 Å². The molecule has 2 atom stereocenters. The van der Waals surface area contributed by atoms with Crippen LogP contribution in [-0.2, 0) is 11.3 Å². The molecule has 0 radical (unpaired) electrons. The zero-order chi connectivity index (χ0) is 16.6. The minimum Gasteiger partial charge on any atom is -0.445 e. The standard InChI is InChI=1S/C14H18N2O2.C6H6/c17-14(18-9-10-4-2-1-3-5-10)16-8-13-11-6-15-7-12(11)13;1-2-4-6-5-3-1/h1-5,11-13,15H,6-9H2,(H,16,17);1-6H. The molecule has 1 heterocycles. The molecule has 24 heavy (non-hydrogen) atoms. The first-order valence-corrected chi connectivity index (χ1v) is 8.50. The van der Waals surface area contributed by atoms with Crippen molar-refractivity contribution in [2.45, 2.75) is 6.61 Å². The number of nitrogens with one attached hydrogen (secondary N) is 2. The van der Waals surface area contributed by atoms with Crippen molar-refractivity contribution >= 4 is 6.09 Å². The molecule has 1 aliphatic carbocycles. The van der Waals surface area contributed by atoms with Gasteiger partial charge in [0.25, 0.3) is 0 Å². The van der Waals surface area contributed by atoms with E-state index in [0.717, 1.165) is 37.0 Å². The van der Waals surface area contributed by atoms with E-state index in [1.807, 2.05) is 66.7 Å². The fraction of sp³-hybridized carbons (Fsp3) is 0.350. The summed E-state index contributed by atoms with van der Waals surface area (Å²) in [6.07, 6.45) is -0.309. The van der Waals surface area contributed by atoms with E-state index in [9.17, 15) is 4.79 Å². The van der Waals surface area contributed by atoms with Crippen LogP contribution in [0.5, 0.6) is 0 Å². The van der Waals surface area contributed by atoms with Crippen molar-refractivity contribution in [2.75, 3.05) is 19.6 Å². The summed E-state index contributed by atoms with van der Waals surface area (Å²) in [6.45, 7) is 3.31. The highest BCUT2D eigenvalue weighted by atomic mass is 16.5. The van der Waals surface area contributed by atoms with E-state index in [0.29, 0.717) is 12.5 Å². The molecule has 1 amide bonds. The van der Waals surface area contributed by atoms with Crippen molar-refractivity contribution in [3.05, 3.63) is 72.3 Å². The minimum absolute atomic E-state index is 0.309. The maximum atomic E-state index is 11.5. The fourth-order valence-corrected chi connectivity index (χ4v) is 3.21. The van der Waals surface area contributed by atoms with Gasteiger partial charge in [-0.25, -0.2) is 4.79 Å². The molecule has 2 N–H and O–H groups in total. The van der Waals surface area contributed by atoms with Gasteiger partial charge < -0.3 is 15.4 Å². The second-order valence-corrected chi connectivity index (χ2v) is 6.25. The summed E-state index contributed by atoms with van der Waals surface area (Å²) in [4.78, 5) is 11.5. The van der Waals surface area contributed by atoms with Crippen LogP contribution in [0, 0.1) is 17.8 Å². The zero-order valence-electron chi connectivity index (χ0n) is 13.7. The Balaban J connectivity index is 0.000000238. The number of alkyl carbamates (subject to hydrolysis) is 1. The number of rotatable bonds is 4. The van der Waals surface area contributed by atoms with Crippen LogP contribution in [0.25, 0.3) is 0 Å². The molecule has 2 unspecified atom stereocenters. The van der Waals surface area contributed by atoms with E-state index >= 15 is 0 Å². The van der Waals surface area contributed by atoms with Gasteiger partial charge in [0.1, 0.15) is 6.61 Å². The van der Waals surface area contributed by atoms with Crippen LogP contribution in [0.15, 0.2) is 66.7 Å². The summed E-state index contributed by atoms with van der Waals surface area (Å²) in [5, 5.41) is 6.20. The highest BCUT2D eigenvalue weighted by Gasteiger charge is 2.52. The van der Waals surface area contributed by atoms with Crippen LogP contribution in [-0.4, -0.2) is 25.7 Å². The smallest absolute Gasteiger partial charge is 0.407 e. The van der Waals surface area contributed by atoms with Gasteiger partial charge in [-0.05, 0) is 36.4 Å². The van der Waals surface area contributed by atoms with Crippen LogP contribution < -0.4 is 10.6 Å². The Bertz CT molecular complexity index is 581. The Hall–Kier alpha value is -2.33. The van der Waals surface area contributed by atoms with Gasteiger partial charge in [-0.2, -0.15) is 0 Å². The van der Waals surface area contributed by atoms with Gasteiger partial charge in [0.05, 0.1) is 0 Å². The summed E-state index contributed by atoms with van der Waals surface area (Å²) < 4.78 is 5.16. The molecule has 2 aromatic rings. The zero-order valence-corrected chi connectivity index (χ0v) is 13.7. The number of piperidine rings is 1. The van der Waals surface area contributed by atoms with Crippen molar-refractivity contribution in [1.29, 1.82) is 0 Å². The number of ether oxygens (including phenoxy) is 1. The van der Waals surface area contributed by atoms with Crippen LogP contribution >= 0.6 is 0 Å². The molecule has 1 saturated carbocycles. The molecule has 0 spiro atoms. The Morgan fingerprint density at radius 1 is 0.958 bits per heavy atom. The van der Waals surface area contributed by atoms with E-state index in [1.165, 1.54) is 0 Å². The molecule has 2 fully saturated rings. The van der Waals surface area contributed by atoms with Crippen LogP contribution in [0.3, 0.4) is 0 Å². The van der Waals surface area contributed by atoms with Crippen LogP contribution in [0.1, 0.15) is 5.56 Å². The molecule has 4 nitrogen and oxygen atoms in total. The molecular formula is C20H24N2O2. The molecule has 0 bridgehead atoms. The maximum Gasteiger partial charge on any atom is 0.407 e. The second kappa shape index (κ2) is 8.50. The molecule has 1 aliphatic heterocycles. The normalized spacial score (nSPS) is 23.4. The lowest BCUT2D eigenvalue weighted by Crippen LogP contribution is -2.29. The number of carbonyl (C=O) groups is 1. The Labute approximate surface area is 143 Å². The molecule has 0 aromatic heterocycles. The molecule has 4 heteroatoms. The maximum absolute atomic E-state index is 11.5. The van der Waals surface area contributed by atoms with Gasteiger partial charge in [0, 0.05) is 6.54 Å². The van der Waals surface area contributed by atoms with Crippen LogP contribution in [0.2, 0.25) is 0 Å². The number of hydrogen-bond acceptors (Lipinski definition) is 3. The Morgan fingerprint density at radius 3 is 2.08 bits per heavy atom. The predicted octanol–water partition coefficient (Wildman–Crippen LogP) is 3.06. The van der Waals surface area contributed by atoms with E-state index in [1.54, 1.807) is 0 Å². The molecule has 2 aliphatic rings. The topological polar surface area (TPSA) is 50.4 Å². The lowest BCUT2D eigenvalue weighted by atomic mass is 10.2. The van der Waals surface area contributed by atoms with Gasteiger partial charge in [0.15, 0.2) is 0 Å². The lowest BCUT2D eigenvalue weighted by molar-refractivity contribution is 0.139. The first kappa shape index (κ1) is 16.5. The number of carbonyl (C=O) groups excluding carboxylic acids is 1. The van der Waals surface area contributed by atoms with E-state index < -0.39 is 0 Å². The fourth-order valence-electron chi connectivity index (χ4n) is 3.21. The molecule has 1 saturated heterocycles. The van der Waals surface area contributed by atoms with E-state index in [-0.39, 0.29) is 6.09 Å². The number of fused-ring (bicyclic) bond motifs is 1. The van der Waals surface area contributed by atoms with Gasteiger partial charge >= 0.3 is 6.09 Å². The number of amides is 1. The summed E-state index contributed by atoms with van der Waals surface area (Å²) in [7, 11) is 0. The average Bonchev–Trinajstić information content (AvgIpc) is 3.08. The number of benzene rings is 2. The monoisotopic (exact) mass is 324 g/mol. The first-order chi connectivity index (χ1) is 11.8. The molecular weight excluding hydrogens is 300 g/mol. The highest BCUT2D eigenvalue weighted by molar-refractivity contribution is 5.67. The molecule has 126 valence electrons. The van der Waals surface area contributed by atoms with E-state index in [2.05, 4.69) is 10.6 Å². The average molecular weight is 324 g/mol. The van der Waals surface area contributed by atoms with Gasteiger partial charge in [-0.15, -0.1) is 0 Å². The lowest BCUT2D eigenvalue weighted by Gasteiger charge is -2.08. The summed E-state index contributed by atoms with van der Waals surface area (Å²) in [6, 6.07) is 21.7. The summed E-state index contributed by atoms with van der Waals surface area (Å²) >= 11 is 0. The first-order valence-electron chi connectivity index (χ1n) is 8.50. The van der Waals surface area contributed by atoms with Crippen molar-refractivity contribution in [1.82, 2.24) is 10.6 Å². The third kappa shape index (κ3) is 4.83. The number of hydrogen-bond donors (Lipinski definition) is 2. The highest BCUT2D eigenvalue weighted by Crippen LogP contribution is 2.47. The SMILES string of the molecule is O=C(NCC1C2CNCC21)OCc1ccccc1.c1ccccc1. The van der Waals surface area contributed by atoms with Crippen molar-refractivity contribution < 1.29 is 9.53 Å². The largest absolute Gasteiger partial charge is 0.445 e. The molecule has 4 rings (SSSR count). The van der Waals surface area contributed by atoms with Crippen LogP contribution in [0.4, 0.5) is 4.79 Å². The van der Waals surface area contributed by atoms with Gasteiger partial charge in [0.2, 0.25) is 0 Å². The minimum atomic E-state index is -0.309. The van der Waals surface area contributed by atoms with Gasteiger partial charge in [-0.3, -0.25) is 0 Å². The Kier molecular flexibility index (Phi) is 5.85. The van der Waals surface area contributed by atoms with E-state index in [4.69, 9.17) is 4.74 Å². The second-order valence-electron chi connectivity index (χ2n) is 6.25. The third-order valence-corrected chi connectivity index (χ3v) is 4.63. The predicted molar refractivity (Wildman–Crippen MR) is 94.4 cm³/mol. The van der Waals surface area contributed by atoms with Gasteiger partial charge in [-0.1, -0.05) is 66.7 Å². The van der Waals surface area contributed by atoms with Crippen molar-refractivity contribution in [2.24, 2.45) is 17.8 Å². The third-order valence-electron chi connectivity index (χ3n) is 4.63. The summed E-state index contributed by atoms with van der Waals surface area (Å²) in [5.41, 5.74) is 1.01. The molecule has 2 aromatic carbocycles. The van der Waals surface area contributed by atoms with Crippen molar-refractivity contribution in [3.8, 4) is 0 Å².